The lowest BCUT2D eigenvalue weighted by atomic mass is 9.89. The topological polar surface area (TPSA) is 104 Å². The number of aromatic nitrogens is 3. The van der Waals surface area contributed by atoms with Crippen molar-refractivity contribution in [1.29, 1.82) is 0 Å². The molecule has 0 aromatic carbocycles. The molecule has 2 atom stereocenters. The van der Waals surface area contributed by atoms with Gasteiger partial charge >= 0.3 is 0 Å². The zero-order valence-corrected chi connectivity index (χ0v) is 25.5. The van der Waals surface area contributed by atoms with Crippen LogP contribution in [0.25, 0.3) is 0 Å². The van der Waals surface area contributed by atoms with Gasteiger partial charge in [-0.2, -0.15) is 5.10 Å². The van der Waals surface area contributed by atoms with Gasteiger partial charge in [-0.25, -0.2) is 9.37 Å². The fraction of sp³-hybridized carbons (Fsp3) is 0.690. The number of methoxy groups -OCH3 is 1. The van der Waals surface area contributed by atoms with E-state index in [-0.39, 0.29) is 18.4 Å². The first kappa shape index (κ1) is 29.7. The third kappa shape index (κ3) is 6.38. The van der Waals surface area contributed by atoms with E-state index < -0.39 is 26.2 Å². The average Bonchev–Trinajstić information content (AvgIpc) is 3.82. The van der Waals surface area contributed by atoms with Crippen molar-refractivity contribution in [2.24, 2.45) is 23.5 Å². The molecule has 2 aromatic heterocycles. The fourth-order valence-corrected chi connectivity index (χ4v) is 12.2. The number of carbonyl (C=O) groups is 1. The average molecular weight is 560 g/mol. The summed E-state index contributed by atoms with van der Waals surface area (Å²) < 4.78 is 28.6. The maximum absolute atomic E-state index is 14.4. The van der Waals surface area contributed by atoms with Crippen molar-refractivity contribution in [3.05, 3.63) is 36.0 Å². The van der Waals surface area contributed by atoms with E-state index >= 15 is 0 Å². The van der Waals surface area contributed by atoms with Crippen LogP contribution in [0.4, 0.5) is 10.1 Å². The highest BCUT2D eigenvalue weighted by Gasteiger charge is 2.46. The molecule has 10 heteroatoms. The minimum Gasteiger partial charge on any atom is -0.562 e. The molecular formula is C29H46FN5O3Si-. The number of hydrogen-bond donors (Lipinski definition) is 2. The summed E-state index contributed by atoms with van der Waals surface area (Å²) in [5.74, 6) is 1.07. The molecule has 2 heterocycles. The molecule has 2 aliphatic rings. The summed E-state index contributed by atoms with van der Waals surface area (Å²) in [5, 5.41) is 7.56. The Morgan fingerprint density at radius 1 is 1.10 bits per heavy atom. The van der Waals surface area contributed by atoms with Gasteiger partial charge in [0.1, 0.15) is 11.9 Å². The zero-order chi connectivity index (χ0) is 28.5. The van der Waals surface area contributed by atoms with E-state index in [9.17, 15) is 9.18 Å². The first-order valence-electron chi connectivity index (χ1n) is 14.4. The van der Waals surface area contributed by atoms with Crippen LogP contribution < -0.4 is 15.8 Å². The minimum absolute atomic E-state index is 0.179. The molecule has 3 N–H and O–H groups in total. The van der Waals surface area contributed by atoms with Gasteiger partial charge in [-0.3, -0.25) is 9.48 Å². The zero-order valence-electron chi connectivity index (χ0n) is 24.5. The normalized spacial score (nSPS) is 17.8. The molecule has 1 unspecified atom stereocenters. The van der Waals surface area contributed by atoms with Gasteiger partial charge in [0, 0.05) is 18.4 Å². The predicted molar refractivity (Wildman–Crippen MR) is 154 cm³/mol. The van der Waals surface area contributed by atoms with Crippen LogP contribution >= 0.6 is 0 Å². The number of nitrogens with one attached hydrogen (secondary N) is 1. The summed E-state index contributed by atoms with van der Waals surface area (Å²) in [6.45, 7) is 13.7. The number of nitrogens with zero attached hydrogens (tertiary/aromatic N) is 3. The lowest BCUT2D eigenvalue weighted by Crippen LogP contribution is -2.48. The van der Waals surface area contributed by atoms with Crippen LogP contribution in [0.5, 0.6) is 5.88 Å². The predicted octanol–water partition coefficient (Wildman–Crippen LogP) is 5.91. The van der Waals surface area contributed by atoms with E-state index in [1.807, 2.05) is 0 Å². The Morgan fingerprint density at radius 3 is 2.21 bits per heavy atom. The Kier molecular flexibility index (Phi) is 9.18. The summed E-state index contributed by atoms with van der Waals surface area (Å²) in [4.78, 5) is 17.3. The van der Waals surface area contributed by atoms with Crippen molar-refractivity contribution >= 4 is 19.9 Å². The highest BCUT2D eigenvalue weighted by molar-refractivity contribution is 6.77. The number of hydrogen-bond acceptors (Lipinski definition) is 6. The molecule has 0 aliphatic heterocycles. The van der Waals surface area contributed by atoms with Gasteiger partial charge in [0.05, 0.1) is 31.2 Å². The molecule has 2 saturated carbocycles. The second-order valence-electron chi connectivity index (χ2n) is 12.4. The number of rotatable bonds is 14. The highest BCUT2D eigenvalue weighted by Crippen LogP contribution is 2.50. The van der Waals surface area contributed by atoms with Gasteiger partial charge in [-0.05, 0) is 57.8 Å². The molecule has 1 amide bonds. The van der Waals surface area contributed by atoms with Crippen LogP contribution in [-0.2, 0) is 9.22 Å². The van der Waals surface area contributed by atoms with Crippen molar-refractivity contribution in [3.8, 4) is 5.88 Å². The Morgan fingerprint density at radius 2 is 1.69 bits per heavy atom. The van der Waals surface area contributed by atoms with Gasteiger partial charge in [0.15, 0.2) is 0 Å². The molecular weight excluding hydrogens is 513 g/mol. The molecule has 0 bridgehead atoms. The van der Waals surface area contributed by atoms with Crippen LogP contribution in [0, 0.1) is 23.6 Å². The minimum atomic E-state index is -2.24. The molecule has 0 spiro atoms. The highest BCUT2D eigenvalue weighted by atomic mass is 28.4. The Hall–Kier alpha value is -2.30. The Labute approximate surface area is 233 Å². The molecule has 39 heavy (non-hydrogen) atoms. The number of pyridine rings is 1. The first-order chi connectivity index (χ1) is 18.5. The molecule has 0 saturated heterocycles. The van der Waals surface area contributed by atoms with E-state index in [0.717, 1.165) is 6.20 Å². The van der Waals surface area contributed by atoms with E-state index in [2.05, 4.69) is 56.9 Å². The van der Waals surface area contributed by atoms with E-state index in [0.29, 0.717) is 45.6 Å². The standard InChI is InChI=1S/C29H46FN5O3Si/c1-17(2)39(18(3)4,19(5)6)38-16-25(24-12-22(30)13-32-29(24)37-7)35-15-23(14-33-35)34-28(36)27(31)26(20-8-9-20)21-10-11-21/h12-15,17-21,25-27H,8-11,16,31H2,1-7H3,(H,34,36)/q-1/t25?,27-/m0/s1. The Bertz CT molecular complexity index is 1100. The van der Waals surface area contributed by atoms with Crippen molar-refractivity contribution in [3.63, 3.8) is 0 Å². The van der Waals surface area contributed by atoms with Crippen molar-refractivity contribution in [2.75, 3.05) is 19.0 Å². The second-order valence-corrected chi connectivity index (χ2v) is 17.8. The van der Waals surface area contributed by atoms with Crippen LogP contribution in [-0.4, -0.2) is 48.7 Å². The number of amides is 1. The number of halogens is 1. The number of ether oxygens (including phenoxy) is 1. The van der Waals surface area contributed by atoms with Crippen LogP contribution in [0.1, 0.15) is 78.8 Å². The lowest BCUT2D eigenvalue weighted by molar-refractivity contribution is -0.118. The van der Waals surface area contributed by atoms with Crippen molar-refractivity contribution in [1.82, 2.24) is 14.8 Å². The summed E-state index contributed by atoms with van der Waals surface area (Å²) in [6, 6.07) is 0.389. The van der Waals surface area contributed by atoms with Gasteiger partial charge in [-0.15, -0.1) is 16.6 Å². The SMILES string of the molecule is COc1ncc(F)cc1C(CO[Si-](C(C)C)(C(C)C)C(C)C)n1cc(NC(=O)[C@@H](N)C(C2CC2)C2CC2)cn1. The molecule has 2 aromatic rings. The molecule has 2 aliphatic carbocycles. The lowest BCUT2D eigenvalue weighted by Gasteiger charge is -2.55. The second kappa shape index (κ2) is 12.1. The van der Waals surface area contributed by atoms with Crippen LogP contribution in [0.15, 0.2) is 24.7 Å². The molecule has 4 rings (SSSR count). The summed E-state index contributed by atoms with van der Waals surface area (Å²) in [6.07, 6.45) is 9.17. The van der Waals surface area contributed by atoms with Gasteiger partial charge in [0.2, 0.25) is 11.8 Å². The monoisotopic (exact) mass is 559 g/mol. The molecule has 0 radical (unpaired) electrons. The largest absolute Gasteiger partial charge is 0.562 e. The van der Waals surface area contributed by atoms with Gasteiger partial charge in [-0.1, -0.05) is 41.5 Å². The smallest absolute Gasteiger partial charge is 0.241 e. The maximum Gasteiger partial charge on any atom is 0.241 e. The number of carbonyl (C=O) groups excluding carboxylic acids is 1. The third-order valence-electron chi connectivity index (χ3n) is 8.83. The molecule has 8 nitrogen and oxygen atoms in total. The van der Waals surface area contributed by atoms with Crippen LogP contribution in [0.3, 0.4) is 0 Å². The fourth-order valence-electron chi connectivity index (χ4n) is 6.79. The van der Waals surface area contributed by atoms with E-state index in [1.54, 1.807) is 17.1 Å². The third-order valence-corrected chi connectivity index (χ3v) is 14.9. The maximum atomic E-state index is 14.4. The first-order valence-corrected chi connectivity index (χ1v) is 16.6. The summed E-state index contributed by atoms with van der Waals surface area (Å²) in [5.41, 5.74) is 8.69. The number of nitrogens with two attached hydrogens (primary N) is 1. The van der Waals surface area contributed by atoms with E-state index in [4.69, 9.17) is 14.9 Å². The quantitative estimate of drug-likeness (QED) is 0.279. The van der Waals surface area contributed by atoms with Crippen molar-refractivity contribution in [2.45, 2.75) is 95.9 Å². The number of anilines is 1. The molecule has 217 valence electrons. The Balaban J connectivity index is 1.60. The van der Waals surface area contributed by atoms with Gasteiger partial charge in [0.25, 0.3) is 0 Å². The summed E-state index contributed by atoms with van der Waals surface area (Å²) in [7, 11) is -0.719. The van der Waals surface area contributed by atoms with Crippen LogP contribution in [0.2, 0.25) is 16.6 Å². The van der Waals surface area contributed by atoms with Gasteiger partial charge < -0.3 is 20.2 Å². The summed E-state index contributed by atoms with van der Waals surface area (Å²) >= 11 is 0. The van der Waals surface area contributed by atoms with E-state index in [1.165, 1.54) is 38.9 Å². The van der Waals surface area contributed by atoms with Crippen molar-refractivity contribution < 1.29 is 18.3 Å². The molecule has 2 fully saturated rings.